The smallest absolute Gasteiger partial charge is 0.180 e. The molecule has 0 unspecified atom stereocenters. The highest BCUT2D eigenvalue weighted by atomic mass is 16.1. The van der Waals surface area contributed by atoms with Crippen LogP contribution in [0.4, 0.5) is 11.4 Å². The summed E-state index contributed by atoms with van der Waals surface area (Å²) >= 11 is 0. The third kappa shape index (κ3) is 4.94. The van der Waals surface area contributed by atoms with Crippen LogP contribution in [0.5, 0.6) is 0 Å². The van der Waals surface area contributed by atoms with Crippen molar-refractivity contribution in [2.45, 2.75) is 0 Å². The van der Waals surface area contributed by atoms with Crippen molar-refractivity contribution in [2.24, 2.45) is 0 Å². The molecule has 0 saturated carbocycles. The van der Waals surface area contributed by atoms with E-state index in [9.17, 15) is 4.79 Å². The first-order chi connectivity index (χ1) is 10.6. The van der Waals surface area contributed by atoms with Gasteiger partial charge in [0.1, 0.15) is 0 Å². The van der Waals surface area contributed by atoms with Gasteiger partial charge in [-0.05, 0) is 35.9 Å². The van der Waals surface area contributed by atoms with Gasteiger partial charge in [0.25, 0.3) is 0 Å². The van der Waals surface area contributed by atoms with Crippen LogP contribution in [0, 0.1) is 0 Å². The second kappa shape index (κ2) is 7.84. The van der Waals surface area contributed by atoms with Gasteiger partial charge in [-0.25, -0.2) is 0 Å². The predicted molar refractivity (Wildman–Crippen MR) is 94.0 cm³/mol. The Hall–Kier alpha value is -2.81. The molecular weight excluding hydrogens is 272 g/mol. The van der Waals surface area contributed by atoms with E-state index in [1.807, 2.05) is 73.6 Å². The molecule has 0 aliphatic heterocycles. The summed E-state index contributed by atoms with van der Waals surface area (Å²) in [6, 6.07) is 17.7. The third-order valence-electron chi connectivity index (χ3n) is 3.12. The number of ketones is 1. The van der Waals surface area contributed by atoms with Gasteiger partial charge in [0.15, 0.2) is 5.78 Å². The number of allylic oxidation sites excluding steroid dienone is 2. The fraction of sp³-hybridized carbons (Fsp3) is 0.105. The SMILES string of the molecule is CN(C)c1ccc(N/C=C/C(=O)/C=C/c2ccccc2)cc1. The first-order valence-electron chi connectivity index (χ1n) is 7.13. The van der Waals surface area contributed by atoms with Gasteiger partial charge in [-0.2, -0.15) is 0 Å². The van der Waals surface area contributed by atoms with E-state index in [2.05, 4.69) is 5.32 Å². The number of carbonyl (C=O) groups is 1. The van der Waals surface area contributed by atoms with Crippen LogP contribution < -0.4 is 10.2 Å². The van der Waals surface area contributed by atoms with E-state index in [1.165, 1.54) is 6.08 Å². The number of anilines is 2. The van der Waals surface area contributed by atoms with Crippen LogP contribution in [0.25, 0.3) is 6.08 Å². The maximum Gasteiger partial charge on any atom is 0.180 e. The number of hydrogen-bond donors (Lipinski definition) is 1. The van der Waals surface area contributed by atoms with Crippen molar-refractivity contribution < 1.29 is 4.79 Å². The molecule has 2 aromatic rings. The summed E-state index contributed by atoms with van der Waals surface area (Å²) < 4.78 is 0. The number of nitrogens with zero attached hydrogens (tertiary/aromatic N) is 1. The zero-order valence-corrected chi connectivity index (χ0v) is 12.9. The van der Waals surface area contributed by atoms with Gasteiger partial charge in [-0.15, -0.1) is 0 Å². The van der Waals surface area contributed by atoms with Crippen LogP contribution in [-0.4, -0.2) is 19.9 Å². The van der Waals surface area contributed by atoms with Crippen LogP contribution in [0.15, 0.2) is 72.9 Å². The zero-order valence-electron chi connectivity index (χ0n) is 12.9. The lowest BCUT2D eigenvalue weighted by atomic mass is 10.2. The molecule has 3 heteroatoms. The van der Waals surface area contributed by atoms with Gasteiger partial charge in [-0.1, -0.05) is 36.4 Å². The Labute approximate surface area is 131 Å². The molecule has 0 radical (unpaired) electrons. The lowest BCUT2D eigenvalue weighted by Gasteiger charge is -2.12. The predicted octanol–water partition coefficient (Wildman–Crippen LogP) is 3.96. The number of hydrogen-bond acceptors (Lipinski definition) is 3. The quantitative estimate of drug-likeness (QED) is 0.818. The molecule has 2 aromatic carbocycles. The maximum atomic E-state index is 11.7. The molecule has 2 rings (SSSR count). The summed E-state index contributed by atoms with van der Waals surface area (Å²) in [4.78, 5) is 13.8. The van der Waals surface area contributed by atoms with Crippen LogP contribution in [0.2, 0.25) is 0 Å². The van der Waals surface area contributed by atoms with Crippen LogP contribution in [-0.2, 0) is 4.79 Å². The fourth-order valence-corrected chi connectivity index (χ4v) is 1.87. The van der Waals surface area contributed by atoms with E-state index < -0.39 is 0 Å². The standard InChI is InChI=1S/C19H20N2O/c1-21(2)18-11-9-17(10-12-18)20-15-14-19(22)13-8-16-6-4-3-5-7-16/h3-15,20H,1-2H3/b13-8+,15-14+. The minimum Gasteiger partial charge on any atom is -0.378 e. The zero-order chi connectivity index (χ0) is 15.8. The molecule has 0 saturated heterocycles. The van der Waals surface area contributed by atoms with Crippen molar-refractivity contribution >= 4 is 23.2 Å². The number of nitrogens with one attached hydrogen (secondary N) is 1. The summed E-state index contributed by atoms with van der Waals surface area (Å²) in [6.07, 6.45) is 6.53. The molecule has 0 amide bonds. The highest BCUT2D eigenvalue weighted by Crippen LogP contribution is 2.15. The van der Waals surface area contributed by atoms with Crippen molar-refractivity contribution in [3.05, 3.63) is 78.5 Å². The van der Waals surface area contributed by atoms with E-state index in [4.69, 9.17) is 0 Å². The molecule has 112 valence electrons. The molecule has 0 fully saturated rings. The Morgan fingerprint density at radius 3 is 2.27 bits per heavy atom. The number of carbonyl (C=O) groups excluding carboxylic acids is 1. The van der Waals surface area contributed by atoms with Gasteiger partial charge in [-0.3, -0.25) is 4.79 Å². The van der Waals surface area contributed by atoms with Gasteiger partial charge in [0.2, 0.25) is 0 Å². The molecular formula is C19H20N2O. The van der Waals surface area contributed by atoms with Gasteiger partial charge in [0, 0.05) is 37.7 Å². The summed E-state index contributed by atoms with van der Waals surface area (Å²) in [5.74, 6) is -0.0544. The first-order valence-corrected chi connectivity index (χ1v) is 7.13. The van der Waals surface area contributed by atoms with Crippen molar-refractivity contribution in [1.82, 2.24) is 0 Å². The van der Waals surface area contributed by atoms with Crippen molar-refractivity contribution in [3.8, 4) is 0 Å². The van der Waals surface area contributed by atoms with Crippen LogP contribution in [0.1, 0.15) is 5.56 Å². The van der Waals surface area contributed by atoms with Gasteiger partial charge >= 0.3 is 0 Å². The molecule has 0 aromatic heterocycles. The molecule has 0 aliphatic rings. The summed E-state index contributed by atoms with van der Waals surface area (Å²) in [6.45, 7) is 0. The lowest BCUT2D eigenvalue weighted by Crippen LogP contribution is -2.08. The molecule has 3 nitrogen and oxygen atoms in total. The topological polar surface area (TPSA) is 32.3 Å². The molecule has 22 heavy (non-hydrogen) atoms. The molecule has 0 bridgehead atoms. The van der Waals surface area contributed by atoms with E-state index >= 15 is 0 Å². The first kappa shape index (κ1) is 15.6. The maximum absolute atomic E-state index is 11.7. The average Bonchev–Trinajstić information content (AvgIpc) is 2.54. The van der Waals surface area contributed by atoms with Gasteiger partial charge in [0.05, 0.1) is 0 Å². The molecule has 1 N–H and O–H groups in total. The lowest BCUT2D eigenvalue weighted by molar-refractivity contribution is -0.110. The Morgan fingerprint density at radius 1 is 0.955 bits per heavy atom. The van der Waals surface area contributed by atoms with Crippen LogP contribution >= 0.6 is 0 Å². The van der Waals surface area contributed by atoms with Crippen molar-refractivity contribution in [1.29, 1.82) is 0 Å². The fourth-order valence-electron chi connectivity index (χ4n) is 1.87. The number of benzene rings is 2. The number of rotatable bonds is 6. The second-order valence-electron chi connectivity index (χ2n) is 5.07. The Kier molecular flexibility index (Phi) is 5.55. The Balaban J connectivity index is 1.86. The van der Waals surface area contributed by atoms with E-state index in [0.717, 1.165) is 16.9 Å². The van der Waals surface area contributed by atoms with E-state index in [1.54, 1.807) is 18.4 Å². The average molecular weight is 292 g/mol. The van der Waals surface area contributed by atoms with Crippen LogP contribution in [0.3, 0.4) is 0 Å². The molecule has 0 atom stereocenters. The Morgan fingerprint density at radius 2 is 1.64 bits per heavy atom. The highest BCUT2D eigenvalue weighted by molar-refractivity contribution is 6.02. The molecule has 0 heterocycles. The Bertz CT molecular complexity index is 656. The largest absolute Gasteiger partial charge is 0.378 e. The second-order valence-corrected chi connectivity index (χ2v) is 5.07. The van der Waals surface area contributed by atoms with E-state index in [0.29, 0.717) is 0 Å². The monoisotopic (exact) mass is 292 g/mol. The van der Waals surface area contributed by atoms with E-state index in [-0.39, 0.29) is 5.78 Å². The third-order valence-corrected chi connectivity index (χ3v) is 3.12. The van der Waals surface area contributed by atoms with Gasteiger partial charge < -0.3 is 10.2 Å². The minimum atomic E-state index is -0.0544. The van der Waals surface area contributed by atoms with Crippen molar-refractivity contribution in [2.75, 3.05) is 24.3 Å². The normalized spacial score (nSPS) is 11.0. The summed E-state index contributed by atoms with van der Waals surface area (Å²) in [5.41, 5.74) is 3.09. The molecule has 0 spiro atoms. The van der Waals surface area contributed by atoms with Crippen molar-refractivity contribution in [3.63, 3.8) is 0 Å². The summed E-state index contributed by atoms with van der Waals surface area (Å²) in [5, 5.41) is 3.09. The highest BCUT2D eigenvalue weighted by Gasteiger charge is 1.94. The molecule has 0 aliphatic carbocycles. The minimum absolute atomic E-state index is 0.0544. The summed E-state index contributed by atoms with van der Waals surface area (Å²) in [7, 11) is 4.00.